The average molecular weight is 429 g/mol. The third kappa shape index (κ3) is 5.16. The molecule has 0 unspecified atom stereocenters. The Hall–Kier alpha value is -2.83. The van der Waals surface area contributed by atoms with Crippen LogP contribution < -0.4 is 4.72 Å². The fourth-order valence-electron chi connectivity index (χ4n) is 2.82. The van der Waals surface area contributed by atoms with Gasteiger partial charge in [-0.1, -0.05) is 59.6 Å². The van der Waals surface area contributed by atoms with Gasteiger partial charge in [-0.25, -0.2) is 8.42 Å². The van der Waals surface area contributed by atoms with E-state index in [1.165, 1.54) is 35.2 Å². The van der Waals surface area contributed by atoms with Crippen LogP contribution in [0.1, 0.15) is 21.5 Å². The monoisotopic (exact) mass is 428 g/mol. The van der Waals surface area contributed by atoms with E-state index in [0.717, 1.165) is 11.1 Å². The molecule has 29 heavy (non-hydrogen) atoms. The first-order chi connectivity index (χ1) is 13.8. The van der Waals surface area contributed by atoms with Gasteiger partial charge in [0.15, 0.2) is 0 Å². The Bertz CT molecular complexity index is 1110. The molecule has 7 heteroatoms. The fraction of sp³-hybridized carbons (Fsp3) is 0.136. The van der Waals surface area contributed by atoms with Crippen molar-refractivity contribution in [2.75, 3.05) is 11.8 Å². The Morgan fingerprint density at radius 3 is 2.31 bits per heavy atom. The predicted molar refractivity (Wildman–Crippen MR) is 116 cm³/mol. The summed E-state index contributed by atoms with van der Waals surface area (Å²) >= 11 is 6.22. The normalized spacial score (nSPS) is 11.1. The lowest BCUT2D eigenvalue weighted by Gasteiger charge is -2.19. The molecule has 1 amide bonds. The standard InChI is InChI=1S/C22H21ClN2O3S/c1-16-8-11-19(12-9-16)29(27,28)24-18-10-13-21(23)20(14-18)22(26)25(2)15-17-6-4-3-5-7-17/h3-14,24H,15H2,1-2H3. The number of anilines is 1. The Morgan fingerprint density at radius 2 is 1.66 bits per heavy atom. The van der Waals surface area contributed by atoms with E-state index in [2.05, 4.69) is 4.72 Å². The van der Waals surface area contributed by atoms with Crippen molar-refractivity contribution < 1.29 is 13.2 Å². The highest BCUT2D eigenvalue weighted by atomic mass is 35.5. The molecule has 0 fully saturated rings. The van der Waals surface area contributed by atoms with Gasteiger partial charge in [-0.05, 0) is 42.8 Å². The first-order valence-electron chi connectivity index (χ1n) is 8.95. The fourth-order valence-corrected chi connectivity index (χ4v) is 4.07. The maximum Gasteiger partial charge on any atom is 0.261 e. The maximum atomic E-state index is 12.9. The smallest absolute Gasteiger partial charge is 0.261 e. The molecule has 0 bridgehead atoms. The molecule has 0 saturated heterocycles. The number of benzene rings is 3. The molecule has 1 N–H and O–H groups in total. The highest BCUT2D eigenvalue weighted by Crippen LogP contribution is 2.24. The van der Waals surface area contributed by atoms with Gasteiger partial charge in [-0.2, -0.15) is 0 Å². The van der Waals surface area contributed by atoms with Crippen LogP contribution in [0, 0.1) is 6.92 Å². The molecule has 0 radical (unpaired) electrons. The Morgan fingerprint density at radius 1 is 1.00 bits per heavy atom. The third-order valence-electron chi connectivity index (χ3n) is 4.39. The lowest BCUT2D eigenvalue weighted by atomic mass is 10.1. The highest BCUT2D eigenvalue weighted by Gasteiger charge is 2.19. The number of nitrogens with zero attached hydrogens (tertiary/aromatic N) is 1. The first kappa shape index (κ1) is 20.9. The molecule has 0 aliphatic heterocycles. The van der Waals surface area contributed by atoms with Crippen molar-refractivity contribution in [1.82, 2.24) is 4.90 Å². The highest BCUT2D eigenvalue weighted by molar-refractivity contribution is 7.92. The molecule has 0 aliphatic carbocycles. The summed E-state index contributed by atoms with van der Waals surface area (Å²) in [7, 11) is -2.10. The Kier molecular flexibility index (Phi) is 6.25. The van der Waals surface area contributed by atoms with Crippen LogP contribution in [-0.4, -0.2) is 26.3 Å². The van der Waals surface area contributed by atoms with E-state index in [4.69, 9.17) is 11.6 Å². The number of aryl methyl sites for hydroxylation is 1. The van der Waals surface area contributed by atoms with Gasteiger partial charge in [0, 0.05) is 19.3 Å². The number of hydrogen-bond donors (Lipinski definition) is 1. The van der Waals surface area contributed by atoms with Gasteiger partial charge in [0.05, 0.1) is 15.5 Å². The van der Waals surface area contributed by atoms with E-state index in [-0.39, 0.29) is 27.1 Å². The van der Waals surface area contributed by atoms with Gasteiger partial charge < -0.3 is 4.90 Å². The van der Waals surface area contributed by atoms with Crippen LogP contribution in [0.5, 0.6) is 0 Å². The predicted octanol–water partition coefficient (Wildman–Crippen LogP) is 4.72. The number of nitrogens with one attached hydrogen (secondary N) is 1. The second-order valence-electron chi connectivity index (χ2n) is 6.76. The van der Waals surface area contributed by atoms with Gasteiger partial charge in [0.1, 0.15) is 0 Å². The van der Waals surface area contributed by atoms with Crippen molar-refractivity contribution in [3.05, 3.63) is 94.5 Å². The van der Waals surface area contributed by atoms with Gasteiger partial charge in [0.25, 0.3) is 15.9 Å². The summed E-state index contributed by atoms with van der Waals surface area (Å²) in [4.78, 5) is 14.5. The molecule has 3 aromatic carbocycles. The van der Waals surface area contributed by atoms with Crippen LogP contribution in [0.3, 0.4) is 0 Å². The zero-order chi connectivity index (χ0) is 21.0. The van der Waals surface area contributed by atoms with Crippen LogP contribution >= 0.6 is 11.6 Å². The summed E-state index contributed by atoms with van der Waals surface area (Å²) in [5.74, 6) is -0.296. The number of carbonyl (C=O) groups excluding carboxylic acids is 1. The van der Waals surface area contributed by atoms with Crippen molar-refractivity contribution >= 4 is 33.2 Å². The summed E-state index contributed by atoms with van der Waals surface area (Å²) in [6, 6.07) is 20.6. The number of hydrogen-bond acceptors (Lipinski definition) is 3. The van der Waals surface area contributed by atoms with Gasteiger partial charge >= 0.3 is 0 Å². The van der Waals surface area contributed by atoms with E-state index in [9.17, 15) is 13.2 Å². The molecule has 5 nitrogen and oxygen atoms in total. The second-order valence-corrected chi connectivity index (χ2v) is 8.85. The molecule has 3 aromatic rings. The molecular weight excluding hydrogens is 408 g/mol. The lowest BCUT2D eigenvalue weighted by Crippen LogP contribution is -2.26. The van der Waals surface area contributed by atoms with E-state index < -0.39 is 10.0 Å². The van der Waals surface area contributed by atoms with E-state index in [1.54, 1.807) is 19.2 Å². The minimum atomic E-state index is -3.77. The summed E-state index contributed by atoms with van der Waals surface area (Å²) in [5, 5.41) is 0.258. The molecule has 0 aromatic heterocycles. The topological polar surface area (TPSA) is 66.5 Å². The SMILES string of the molecule is Cc1ccc(S(=O)(=O)Nc2ccc(Cl)c(C(=O)N(C)Cc3ccccc3)c2)cc1. The summed E-state index contributed by atoms with van der Waals surface area (Å²) in [6.07, 6.45) is 0. The molecule has 0 spiro atoms. The van der Waals surface area contributed by atoms with Crippen molar-refractivity contribution in [2.45, 2.75) is 18.4 Å². The molecule has 0 heterocycles. The van der Waals surface area contributed by atoms with Crippen molar-refractivity contribution in [3.63, 3.8) is 0 Å². The number of sulfonamides is 1. The molecule has 0 atom stereocenters. The third-order valence-corrected chi connectivity index (χ3v) is 6.12. The van der Waals surface area contributed by atoms with E-state index in [1.807, 2.05) is 37.3 Å². The molecular formula is C22H21ClN2O3S. The quantitative estimate of drug-likeness (QED) is 0.617. The van der Waals surface area contributed by atoms with Gasteiger partial charge in [0.2, 0.25) is 0 Å². The number of amides is 1. The lowest BCUT2D eigenvalue weighted by molar-refractivity contribution is 0.0785. The van der Waals surface area contributed by atoms with Crippen molar-refractivity contribution in [2.24, 2.45) is 0 Å². The second kappa shape index (κ2) is 8.68. The number of carbonyl (C=O) groups is 1. The summed E-state index contributed by atoms with van der Waals surface area (Å²) in [5.41, 5.74) is 2.45. The molecule has 150 valence electrons. The maximum absolute atomic E-state index is 12.9. The van der Waals surface area contributed by atoms with Crippen LogP contribution in [0.4, 0.5) is 5.69 Å². The summed E-state index contributed by atoms with van der Waals surface area (Å²) < 4.78 is 27.7. The van der Waals surface area contributed by atoms with Gasteiger partial charge in [-0.15, -0.1) is 0 Å². The van der Waals surface area contributed by atoms with Crippen molar-refractivity contribution in [3.8, 4) is 0 Å². The zero-order valence-corrected chi connectivity index (χ0v) is 17.7. The largest absolute Gasteiger partial charge is 0.337 e. The van der Waals surface area contributed by atoms with E-state index in [0.29, 0.717) is 6.54 Å². The number of halogens is 1. The number of rotatable bonds is 6. The molecule has 0 saturated carbocycles. The first-order valence-corrected chi connectivity index (χ1v) is 10.8. The van der Waals surface area contributed by atoms with Crippen molar-refractivity contribution in [1.29, 1.82) is 0 Å². The average Bonchev–Trinajstić information content (AvgIpc) is 2.70. The van der Waals surface area contributed by atoms with Crippen LogP contribution in [0.15, 0.2) is 77.7 Å². The van der Waals surface area contributed by atoms with Crippen LogP contribution in [0.25, 0.3) is 0 Å². The van der Waals surface area contributed by atoms with Crippen LogP contribution in [0.2, 0.25) is 5.02 Å². The van der Waals surface area contributed by atoms with Gasteiger partial charge in [-0.3, -0.25) is 9.52 Å². The van der Waals surface area contributed by atoms with Crippen LogP contribution in [-0.2, 0) is 16.6 Å². The van der Waals surface area contributed by atoms with E-state index >= 15 is 0 Å². The Labute approximate surface area is 176 Å². The molecule has 3 rings (SSSR count). The Balaban J connectivity index is 1.82. The molecule has 0 aliphatic rings. The minimum absolute atomic E-state index is 0.145. The minimum Gasteiger partial charge on any atom is -0.337 e. The summed E-state index contributed by atoms with van der Waals surface area (Å²) in [6.45, 7) is 2.29. The zero-order valence-electron chi connectivity index (χ0n) is 16.1.